The van der Waals surface area contributed by atoms with Gasteiger partial charge in [-0.15, -0.1) is 0 Å². The topological polar surface area (TPSA) is 84.0 Å². The molecule has 4 aliphatic rings. The Morgan fingerprint density at radius 3 is 2.54 bits per heavy atom. The van der Waals surface area contributed by atoms with Gasteiger partial charge in [0.25, 0.3) is 0 Å². The van der Waals surface area contributed by atoms with E-state index >= 15 is 0 Å². The molecule has 140 valence electrons. The van der Waals surface area contributed by atoms with Crippen molar-refractivity contribution in [2.75, 3.05) is 14.2 Å². The van der Waals surface area contributed by atoms with Gasteiger partial charge in [-0.05, 0) is 31.6 Å². The summed E-state index contributed by atoms with van der Waals surface area (Å²) in [5, 5.41) is 0. The van der Waals surface area contributed by atoms with Gasteiger partial charge in [0, 0.05) is 13.5 Å². The van der Waals surface area contributed by atoms with Crippen LogP contribution in [0.5, 0.6) is 0 Å². The second-order valence-electron chi connectivity index (χ2n) is 7.75. The second kappa shape index (κ2) is 6.21. The van der Waals surface area contributed by atoms with Gasteiger partial charge >= 0.3 is 5.97 Å². The lowest BCUT2D eigenvalue weighted by Crippen LogP contribution is -2.53. The number of carbonyl (C=O) groups is 4. The third-order valence-electron chi connectivity index (χ3n) is 6.56. The molecule has 3 amide bonds. The Hall–Kier alpha value is -2.18. The van der Waals surface area contributed by atoms with Crippen molar-refractivity contribution in [1.82, 2.24) is 9.80 Å². The summed E-state index contributed by atoms with van der Waals surface area (Å²) in [5.41, 5.74) is 1.17. The van der Waals surface area contributed by atoms with Crippen molar-refractivity contribution >= 4 is 23.7 Å². The third-order valence-corrected chi connectivity index (χ3v) is 6.56. The molecule has 0 spiro atoms. The van der Waals surface area contributed by atoms with Crippen LogP contribution in [0.1, 0.15) is 38.5 Å². The van der Waals surface area contributed by atoms with Crippen molar-refractivity contribution in [2.24, 2.45) is 17.8 Å². The number of methoxy groups -OCH3 is 1. The molecule has 4 rings (SSSR count). The zero-order chi connectivity index (χ0) is 18.6. The third kappa shape index (κ3) is 2.32. The second-order valence-corrected chi connectivity index (χ2v) is 7.75. The van der Waals surface area contributed by atoms with Gasteiger partial charge in [-0.3, -0.25) is 19.3 Å². The van der Waals surface area contributed by atoms with Crippen molar-refractivity contribution in [3.8, 4) is 0 Å². The van der Waals surface area contributed by atoms with Crippen molar-refractivity contribution < 1.29 is 23.9 Å². The minimum absolute atomic E-state index is 0.0840. The molecule has 7 nitrogen and oxygen atoms in total. The lowest BCUT2D eigenvalue weighted by Gasteiger charge is -2.43. The summed E-state index contributed by atoms with van der Waals surface area (Å²) in [6, 6.07) is -1.21. The van der Waals surface area contributed by atoms with E-state index in [0.717, 1.165) is 25.7 Å². The average Bonchev–Trinajstić information content (AvgIpc) is 3.14. The summed E-state index contributed by atoms with van der Waals surface area (Å²) in [6.45, 7) is 0. The molecule has 5 atom stereocenters. The zero-order valence-electron chi connectivity index (χ0n) is 15.1. The fraction of sp³-hybridized carbons (Fsp3) is 0.684. The van der Waals surface area contributed by atoms with E-state index in [1.807, 2.05) is 6.08 Å². The predicted molar refractivity (Wildman–Crippen MR) is 90.5 cm³/mol. The molecule has 2 saturated heterocycles. The smallest absolute Gasteiger partial charge is 0.328 e. The molecule has 0 aromatic heterocycles. The number of fused-ring (bicyclic) bond motifs is 3. The number of carbonyl (C=O) groups excluding carboxylic acids is 4. The molecule has 1 saturated carbocycles. The molecule has 26 heavy (non-hydrogen) atoms. The van der Waals surface area contributed by atoms with Crippen LogP contribution in [-0.4, -0.2) is 59.7 Å². The number of amides is 3. The van der Waals surface area contributed by atoms with Crippen LogP contribution in [0.25, 0.3) is 0 Å². The molecule has 7 heteroatoms. The standard InChI is InChI=1S/C19H24N2O5/c1-20-17(23)15-11-6-4-3-5-10(11)9-13(16(15)18(20)24)21-12(19(25)26-2)7-8-14(21)22/h9,11-13,15-16H,3-8H2,1-2H3/t11-,12-,13+,15-,16+/m0/s1. The van der Waals surface area contributed by atoms with Crippen LogP contribution in [0, 0.1) is 17.8 Å². The minimum Gasteiger partial charge on any atom is -0.467 e. The van der Waals surface area contributed by atoms with Gasteiger partial charge in [-0.2, -0.15) is 0 Å². The normalized spacial score (nSPS) is 36.8. The molecule has 2 heterocycles. The summed E-state index contributed by atoms with van der Waals surface area (Å²) >= 11 is 0. The molecule has 2 aliphatic heterocycles. The minimum atomic E-state index is -0.677. The summed E-state index contributed by atoms with van der Waals surface area (Å²) in [7, 11) is 2.83. The van der Waals surface area contributed by atoms with E-state index < -0.39 is 29.9 Å². The summed E-state index contributed by atoms with van der Waals surface area (Å²) in [4.78, 5) is 53.2. The summed E-state index contributed by atoms with van der Waals surface area (Å²) in [6.07, 6.45) is 6.56. The number of rotatable bonds is 2. The fourth-order valence-corrected chi connectivity index (χ4v) is 5.35. The molecular weight excluding hydrogens is 336 g/mol. The van der Waals surface area contributed by atoms with E-state index in [-0.39, 0.29) is 30.1 Å². The lowest BCUT2D eigenvalue weighted by molar-refractivity contribution is -0.152. The molecule has 0 unspecified atom stereocenters. The zero-order valence-corrected chi connectivity index (χ0v) is 15.1. The maximum absolute atomic E-state index is 12.9. The summed E-state index contributed by atoms with van der Waals surface area (Å²) in [5.74, 6) is -1.91. The molecule has 0 aromatic rings. The van der Waals surface area contributed by atoms with Gasteiger partial charge in [0.05, 0.1) is 25.0 Å². The SMILES string of the molecule is COC(=O)[C@@H]1CCC(=O)N1[C@@H]1C=C2CCCC[C@@H]2[C@@H]2C(=O)N(C)C(=O)[C@@H]21. The van der Waals surface area contributed by atoms with Gasteiger partial charge in [-0.1, -0.05) is 18.1 Å². The number of hydrogen-bond acceptors (Lipinski definition) is 5. The maximum atomic E-state index is 12.9. The first-order valence-electron chi connectivity index (χ1n) is 9.36. The van der Waals surface area contributed by atoms with Crippen LogP contribution in [0.3, 0.4) is 0 Å². The van der Waals surface area contributed by atoms with E-state index in [9.17, 15) is 19.2 Å². The number of esters is 1. The van der Waals surface area contributed by atoms with Crippen molar-refractivity contribution in [3.63, 3.8) is 0 Å². The Bertz CT molecular complexity index is 715. The molecule has 3 fully saturated rings. The van der Waals surface area contributed by atoms with Crippen LogP contribution in [0.4, 0.5) is 0 Å². The van der Waals surface area contributed by atoms with Crippen molar-refractivity contribution in [1.29, 1.82) is 0 Å². The Kier molecular flexibility index (Phi) is 4.12. The number of imide groups is 1. The first-order valence-corrected chi connectivity index (χ1v) is 9.36. The highest BCUT2D eigenvalue weighted by molar-refractivity contribution is 6.06. The molecule has 0 aromatic carbocycles. The lowest BCUT2D eigenvalue weighted by atomic mass is 9.65. The maximum Gasteiger partial charge on any atom is 0.328 e. The number of likely N-dealkylation sites (tertiary alicyclic amines) is 2. The van der Waals surface area contributed by atoms with Crippen molar-refractivity contribution in [2.45, 2.75) is 50.6 Å². The number of ether oxygens (including phenoxy) is 1. The number of nitrogens with zero attached hydrogens (tertiary/aromatic N) is 2. The van der Waals surface area contributed by atoms with E-state index in [0.29, 0.717) is 6.42 Å². The van der Waals surface area contributed by atoms with Crippen LogP contribution in [-0.2, 0) is 23.9 Å². The molecular formula is C19H24N2O5. The highest BCUT2D eigenvalue weighted by atomic mass is 16.5. The quantitative estimate of drug-likeness (QED) is 0.415. The molecule has 0 bridgehead atoms. The van der Waals surface area contributed by atoms with E-state index in [1.165, 1.54) is 29.5 Å². The van der Waals surface area contributed by atoms with Crippen LogP contribution in [0.15, 0.2) is 11.6 Å². The Morgan fingerprint density at radius 1 is 1.08 bits per heavy atom. The molecule has 2 aliphatic carbocycles. The van der Waals surface area contributed by atoms with Crippen LogP contribution in [0.2, 0.25) is 0 Å². The Labute approximate surface area is 152 Å². The first-order chi connectivity index (χ1) is 12.5. The molecule has 0 radical (unpaired) electrons. The Morgan fingerprint density at radius 2 is 1.81 bits per heavy atom. The molecule has 0 N–H and O–H groups in total. The van der Waals surface area contributed by atoms with Crippen molar-refractivity contribution in [3.05, 3.63) is 11.6 Å². The Balaban J connectivity index is 1.78. The summed E-state index contributed by atoms with van der Waals surface area (Å²) < 4.78 is 4.87. The number of hydrogen-bond donors (Lipinski definition) is 0. The van der Waals surface area contributed by atoms with Crippen LogP contribution < -0.4 is 0 Å². The number of allylic oxidation sites excluding steroid dienone is 1. The van der Waals surface area contributed by atoms with E-state index in [2.05, 4.69) is 0 Å². The predicted octanol–water partition coefficient (Wildman–Crippen LogP) is 0.880. The van der Waals surface area contributed by atoms with E-state index in [4.69, 9.17) is 4.74 Å². The van der Waals surface area contributed by atoms with Gasteiger partial charge in [0.2, 0.25) is 17.7 Å². The van der Waals surface area contributed by atoms with E-state index in [1.54, 1.807) is 0 Å². The largest absolute Gasteiger partial charge is 0.467 e. The highest BCUT2D eigenvalue weighted by Gasteiger charge is 2.58. The van der Waals surface area contributed by atoms with Gasteiger partial charge in [-0.25, -0.2) is 4.79 Å². The first kappa shape index (κ1) is 17.2. The van der Waals surface area contributed by atoms with Gasteiger partial charge < -0.3 is 9.64 Å². The average molecular weight is 360 g/mol. The highest BCUT2D eigenvalue weighted by Crippen LogP contribution is 2.49. The van der Waals surface area contributed by atoms with Gasteiger partial charge in [0.1, 0.15) is 6.04 Å². The monoisotopic (exact) mass is 360 g/mol. The fourth-order valence-electron chi connectivity index (χ4n) is 5.35. The van der Waals surface area contributed by atoms with Crippen LogP contribution >= 0.6 is 0 Å². The van der Waals surface area contributed by atoms with Gasteiger partial charge in [0.15, 0.2) is 0 Å².